The van der Waals surface area contributed by atoms with E-state index in [9.17, 15) is 9.59 Å². The summed E-state index contributed by atoms with van der Waals surface area (Å²) in [5.74, 6) is 0.244. The number of carbonyl (C=O) groups is 2. The molecule has 2 unspecified atom stereocenters. The zero-order valence-electron chi connectivity index (χ0n) is 15.4. The Bertz CT molecular complexity index is 845. The van der Waals surface area contributed by atoms with Gasteiger partial charge in [-0.05, 0) is 43.2 Å². The lowest BCUT2D eigenvalue weighted by Crippen LogP contribution is -2.50. The van der Waals surface area contributed by atoms with Crippen LogP contribution in [-0.2, 0) is 9.59 Å². The van der Waals surface area contributed by atoms with E-state index in [1.54, 1.807) is 47.6 Å². The Morgan fingerprint density at radius 2 is 1.89 bits per heavy atom. The van der Waals surface area contributed by atoms with Crippen LogP contribution in [0, 0.1) is 5.92 Å². The highest BCUT2D eigenvalue weighted by atomic mass is 35.5. The molecule has 2 atom stereocenters. The van der Waals surface area contributed by atoms with E-state index in [-0.39, 0.29) is 30.2 Å². The van der Waals surface area contributed by atoms with E-state index in [1.807, 2.05) is 0 Å². The topological polar surface area (TPSA) is 78.4 Å². The summed E-state index contributed by atoms with van der Waals surface area (Å²) < 4.78 is 0. The Hall–Kier alpha value is -2.67. The smallest absolute Gasteiger partial charge is 0.227 e. The van der Waals surface area contributed by atoms with E-state index in [0.717, 1.165) is 25.1 Å². The molecule has 0 radical (unpaired) electrons. The molecule has 1 aromatic carbocycles. The molecule has 2 amide bonds. The number of hydrogen-bond acceptors (Lipinski definition) is 5. The fraction of sp³-hybridized carbons (Fsp3) is 0.400. The van der Waals surface area contributed by atoms with Gasteiger partial charge in [-0.25, -0.2) is 9.97 Å². The number of anilines is 2. The van der Waals surface area contributed by atoms with E-state index >= 15 is 0 Å². The van der Waals surface area contributed by atoms with Gasteiger partial charge in [0.05, 0.1) is 5.92 Å². The largest absolute Gasteiger partial charge is 0.351 e. The van der Waals surface area contributed by atoms with E-state index in [2.05, 4.69) is 20.2 Å². The highest BCUT2D eigenvalue weighted by Crippen LogP contribution is 2.27. The molecule has 3 heterocycles. The van der Waals surface area contributed by atoms with Gasteiger partial charge in [0.1, 0.15) is 0 Å². The minimum absolute atomic E-state index is 0.0322. The third kappa shape index (κ3) is 4.09. The van der Waals surface area contributed by atoms with Crippen molar-refractivity contribution in [3.05, 3.63) is 47.7 Å². The number of benzene rings is 1. The molecule has 2 aromatic rings. The lowest BCUT2D eigenvalue weighted by molar-refractivity contribution is -0.127. The first-order valence-electron chi connectivity index (χ1n) is 9.48. The summed E-state index contributed by atoms with van der Waals surface area (Å²) in [7, 11) is 0. The number of halogens is 1. The normalized spacial score (nSPS) is 22.4. The molecule has 2 aliphatic heterocycles. The average Bonchev–Trinajstić information content (AvgIpc) is 3.11. The summed E-state index contributed by atoms with van der Waals surface area (Å²) in [5, 5.41) is 3.75. The van der Waals surface area contributed by atoms with Crippen LogP contribution in [0.3, 0.4) is 0 Å². The van der Waals surface area contributed by atoms with Crippen LogP contribution < -0.4 is 15.1 Å². The first-order valence-corrected chi connectivity index (χ1v) is 9.86. The second-order valence-corrected chi connectivity index (χ2v) is 7.66. The summed E-state index contributed by atoms with van der Waals surface area (Å²) >= 11 is 5.92. The SMILES string of the molecule is O=C(NC1CCCN(c2ncccn2)C1)C1CC(=O)N(c2ccc(Cl)cc2)C1. The van der Waals surface area contributed by atoms with Crippen LogP contribution in [0.25, 0.3) is 0 Å². The summed E-state index contributed by atoms with van der Waals surface area (Å²) in [6, 6.07) is 8.93. The Balaban J connectivity index is 1.36. The quantitative estimate of drug-likeness (QED) is 0.853. The minimum Gasteiger partial charge on any atom is -0.351 e. The molecule has 4 rings (SSSR count). The Labute approximate surface area is 168 Å². The van der Waals surface area contributed by atoms with Crippen molar-refractivity contribution >= 4 is 35.1 Å². The van der Waals surface area contributed by atoms with Crippen LogP contribution >= 0.6 is 11.6 Å². The highest BCUT2D eigenvalue weighted by molar-refractivity contribution is 6.30. The van der Waals surface area contributed by atoms with Gasteiger partial charge in [-0.1, -0.05) is 11.6 Å². The Morgan fingerprint density at radius 3 is 2.64 bits per heavy atom. The number of aromatic nitrogens is 2. The van der Waals surface area contributed by atoms with Gasteiger partial charge in [-0.3, -0.25) is 9.59 Å². The van der Waals surface area contributed by atoms with Gasteiger partial charge in [-0.2, -0.15) is 0 Å². The van der Waals surface area contributed by atoms with Gasteiger partial charge in [0.15, 0.2) is 0 Å². The predicted octanol–water partition coefficient (Wildman–Crippen LogP) is 2.27. The molecule has 2 saturated heterocycles. The monoisotopic (exact) mass is 399 g/mol. The molecule has 2 aliphatic rings. The van der Waals surface area contributed by atoms with Crippen LogP contribution in [0.5, 0.6) is 0 Å². The van der Waals surface area contributed by atoms with Gasteiger partial charge in [0.2, 0.25) is 17.8 Å². The molecule has 1 N–H and O–H groups in total. The fourth-order valence-electron chi connectivity index (χ4n) is 3.80. The Morgan fingerprint density at radius 1 is 1.14 bits per heavy atom. The first-order chi connectivity index (χ1) is 13.6. The summed E-state index contributed by atoms with van der Waals surface area (Å²) in [6.07, 6.45) is 5.55. The minimum atomic E-state index is -0.341. The van der Waals surface area contributed by atoms with E-state index < -0.39 is 0 Å². The zero-order valence-corrected chi connectivity index (χ0v) is 16.2. The van der Waals surface area contributed by atoms with Gasteiger partial charge < -0.3 is 15.1 Å². The van der Waals surface area contributed by atoms with Crippen LogP contribution in [-0.4, -0.2) is 47.5 Å². The standard InChI is InChI=1S/C20H22ClN5O2/c21-15-4-6-17(7-5-15)26-12-14(11-18(26)27)19(28)24-16-3-1-10-25(13-16)20-22-8-2-9-23-20/h2,4-9,14,16H,1,3,10-13H2,(H,24,28). The average molecular weight is 400 g/mol. The van der Waals surface area contributed by atoms with Gasteiger partial charge >= 0.3 is 0 Å². The van der Waals surface area contributed by atoms with Crippen molar-refractivity contribution < 1.29 is 9.59 Å². The summed E-state index contributed by atoms with van der Waals surface area (Å²) in [4.78, 5) is 37.5. The van der Waals surface area contributed by atoms with E-state index in [4.69, 9.17) is 11.6 Å². The zero-order chi connectivity index (χ0) is 19.5. The molecule has 0 saturated carbocycles. The van der Waals surface area contributed by atoms with Crippen molar-refractivity contribution in [2.45, 2.75) is 25.3 Å². The van der Waals surface area contributed by atoms with Crippen molar-refractivity contribution in [3.63, 3.8) is 0 Å². The first kappa shape index (κ1) is 18.7. The van der Waals surface area contributed by atoms with Gasteiger partial charge in [0, 0.05) is 55.2 Å². The van der Waals surface area contributed by atoms with Gasteiger partial charge in [0.25, 0.3) is 0 Å². The maximum absolute atomic E-state index is 12.8. The summed E-state index contributed by atoms with van der Waals surface area (Å²) in [6.45, 7) is 1.95. The number of hydrogen-bond donors (Lipinski definition) is 1. The lowest BCUT2D eigenvalue weighted by Gasteiger charge is -2.33. The van der Waals surface area contributed by atoms with Crippen LogP contribution in [0.15, 0.2) is 42.7 Å². The van der Waals surface area contributed by atoms with Crippen molar-refractivity contribution in [2.24, 2.45) is 5.92 Å². The molecular weight excluding hydrogens is 378 g/mol. The van der Waals surface area contributed by atoms with Crippen molar-refractivity contribution in [2.75, 3.05) is 29.4 Å². The molecule has 28 heavy (non-hydrogen) atoms. The molecule has 1 aromatic heterocycles. The summed E-state index contributed by atoms with van der Waals surface area (Å²) in [5.41, 5.74) is 0.773. The molecule has 0 aliphatic carbocycles. The molecule has 146 valence electrons. The van der Waals surface area contributed by atoms with Crippen molar-refractivity contribution in [1.82, 2.24) is 15.3 Å². The van der Waals surface area contributed by atoms with Crippen LogP contribution in [0.4, 0.5) is 11.6 Å². The molecular formula is C20H22ClN5O2. The number of nitrogens with zero attached hydrogens (tertiary/aromatic N) is 4. The predicted molar refractivity (Wildman–Crippen MR) is 107 cm³/mol. The van der Waals surface area contributed by atoms with Crippen LogP contribution in [0.2, 0.25) is 5.02 Å². The molecule has 8 heteroatoms. The lowest BCUT2D eigenvalue weighted by atomic mass is 10.0. The Kier molecular flexibility index (Phi) is 5.43. The molecule has 0 bridgehead atoms. The second kappa shape index (κ2) is 8.14. The highest BCUT2D eigenvalue weighted by Gasteiger charge is 2.36. The maximum Gasteiger partial charge on any atom is 0.227 e. The maximum atomic E-state index is 12.8. The number of rotatable bonds is 4. The number of carbonyl (C=O) groups excluding carboxylic acids is 2. The molecule has 7 nitrogen and oxygen atoms in total. The van der Waals surface area contributed by atoms with Crippen molar-refractivity contribution in [3.8, 4) is 0 Å². The number of amides is 2. The molecule has 0 spiro atoms. The number of piperidine rings is 1. The van der Waals surface area contributed by atoms with E-state index in [0.29, 0.717) is 24.1 Å². The fourth-order valence-corrected chi connectivity index (χ4v) is 3.93. The second-order valence-electron chi connectivity index (χ2n) is 7.22. The number of nitrogens with one attached hydrogen (secondary N) is 1. The van der Waals surface area contributed by atoms with Crippen molar-refractivity contribution in [1.29, 1.82) is 0 Å². The van der Waals surface area contributed by atoms with Gasteiger partial charge in [-0.15, -0.1) is 0 Å². The van der Waals surface area contributed by atoms with E-state index in [1.165, 1.54) is 0 Å². The van der Waals surface area contributed by atoms with Crippen LogP contribution in [0.1, 0.15) is 19.3 Å². The third-order valence-corrected chi connectivity index (χ3v) is 5.49. The third-order valence-electron chi connectivity index (χ3n) is 5.24. The molecule has 2 fully saturated rings.